The number of anilines is 2. The highest BCUT2D eigenvalue weighted by Crippen LogP contribution is 2.48. The number of benzene rings is 4. The van der Waals surface area contributed by atoms with Crippen LogP contribution >= 0.6 is 0 Å². The highest BCUT2D eigenvalue weighted by Gasteiger charge is 2.37. The van der Waals surface area contributed by atoms with Crippen LogP contribution in [0.2, 0.25) is 0 Å². The Labute approximate surface area is 260 Å². The standard InChI is InChI=1S/C38H41FN2O3/c1-5-38(3,4)24-32-26(2)37(30-21-20-29(23-31(30)39)44-25-28-15-10-7-11-16-28)41(33-17-12-18-34(42)36(33)40-32)35(43)22-19-27-13-8-6-9-14-27/h6-18,20-21,23,37,40,42H,5,19,22,24-25H2,1-4H3. The number of hydrogen-bond donors (Lipinski definition) is 2. The van der Waals surface area contributed by atoms with Crippen molar-refractivity contribution in [1.29, 1.82) is 0 Å². The van der Waals surface area contributed by atoms with E-state index in [-0.39, 0.29) is 23.5 Å². The minimum Gasteiger partial charge on any atom is -0.506 e. The molecule has 1 amide bonds. The highest BCUT2D eigenvalue weighted by molar-refractivity contribution is 6.00. The number of nitrogens with zero attached hydrogens (tertiary/aromatic N) is 1. The molecule has 228 valence electrons. The summed E-state index contributed by atoms with van der Waals surface area (Å²) >= 11 is 0. The van der Waals surface area contributed by atoms with Gasteiger partial charge in [0, 0.05) is 23.7 Å². The second kappa shape index (κ2) is 13.4. The molecular formula is C38H41FN2O3. The first-order valence-corrected chi connectivity index (χ1v) is 15.3. The molecule has 0 aliphatic carbocycles. The van der Waals surface area contributed by atoms with Crippen LogP contribution in [0.1, 0.15) is 69.7 Å². The van der Waals surface area contributed by atoms with E-state index >= 15 is 4.39 Å². The van der Waals surface area contributed by atoms with Gasteiger partial charge >= 0.3 is 0 Å². The molecule has 6 heteroatoms. The topological polar surface area (TPSA) is 61.8 Å². The Balaban J connectivity index is 1.59. The number of ether oxygens (including phenoxy) is 1. The van der Waals surface area contributed by atoms with E-state index in [1.807, 2.05) is 73.7 Å². The molecule has 0 saturated heterocycles. The van der Waals surface area contributed by atoms with Crippen molar-refractivity contribution < 1.29 is 19.0 Å². The summed E-state index contributed by atoms with van der Waals surface area (Å²) in [5.41, 5.74) is 4.99. The maximum atomic E-state index is 16.2. The molecule has 0 bridgehead atoms. The molecule has 1 atom stereocenters. The Morgan fingerprint density at radius 3 is 2.30 bits per heavy atom. The molecular weight excluding hydrogens is 551 g/mol. The van der Waals surface area contributed by atoms with Crippen molar-refractivity contribution in [3.05, 3.63) is 131 Å². The normalized spacial score (nSPS) is 14.9. The summed E-state index contributed by atoms with van der Waals surface area (Å²) in [5.74, 6) is -0.172. The van der Waals surface area contributed by atoms with Crippen LogP contribution in [-0.2, 0) is 17.8 Å². The number of para-hydroxylation sites is 1. The van der Waals surface area contributed by atoms with Crippen molar-refractivity contribution in [3.8, 4) is 11.5 Å². The molecule has 1 heterocycles. The third kappa shape index (κ3) is 6.96. The number of nitrogens with one attached hydrogen (secondary N) is 1. The van der Waals surface area contributed by atoms with Crippen LogP contribution in [0.5, 0.6) is 11.5 Å². The van der Waals surface area contributed by atoms with E-state index in [1.165, 1.54) is 6.07 Å². The first kappa shape index (κ1) is 30.9. The van der Waals surface area contributed by atoms with Crippen LogP contribution < -0.4 is 15.0 Å². The molecule has 1 aliphatic heterocycles. The summed E-state index contributed by atoms with van der Waals surface area (Å²) in [6, 6.07) is 28.9. The third-order valence-corrected chi connectivity index (χ3v) is 8.57. The molecule has 2 N–H and O–H groups in total. The number of fused-ring (bicyclic) bond motifs is 1. The maximum absolute atomic E-state index is 16.2. The molecule has 44 heavy (non-hydrogen) atoms. The number of aryl methyl sites for hydroxylation is 1. The van der Waals surface area contributed by atoms with E-state index in [0.29, 0.717) is 42.1 Å². The van der Waals surface area contributed by atoms with Crippen LogP contribution in [0.15, 0.2) is 108 Å². The highest BCUT2D eigenvalue weighted by atomic mass is 19.1. The minimum absolute atomic E-state index is 0.0359. The Morgan fingerprint density at radius 2 is 1.64 bits per heavy atom. The zero-order valence-electron chi connectivity index (χ0n) is 25.9. The lowest BCUT2D eigenvalue weighted by molar-refractivity contribution is -0.119. The van der Waals surface area contributed by atoms with Gasteiger partial charge in [-0.1, -0.05) is 93.9 Å². The SMILES string of the molecule is CCC(C)(C)CC1=C(C)C(c2ccc(OCc3ccccc3)cc2F)N(C(=O)CCc2ccccc2)c2cccc(O)c2N1. The van der Waals surface area contributed by atoms with Gasteiger partial charge in [-0.05, 0) is 66.1 Å². The predicted octanol–water partition coefficient (Wildman–Crippen LogP) is 9.34. The zero-order chi connectivity index (χ0) is 31.3. The van der Waals surface area contributed by atoms with Crippen LogP contribution in [-0.4, -0.2) is 11.0 Å². The molecule has 0 radical (unpaired) electrons. The van der Waals surface area contributed by atoms with Gasteiger partial charge in [0.1, 0.15) is 29.6 Å². The Hall–Kier alpha value is -4.58. The van der Waals surface area contributed by atoms with Gasteiger partial charge in [0.25, 0.3) is 0 Å². The fraction of sp³-hybridized carbons (Fsp3) is 0.289. The van der Waals surface area contributed by atoms with Crippen molar-refractivity contribution in [2.75, 3.05) is 10.2 Å². The number of phenolic OH excluding ortho intramolecular Hbond substituents is 1. The van der Waals surface area contributed by atoms with Gasteiger partial charge in [-0.2, -0.15) is 0 Å². The monoisotopic (exact) mass is 592 g/mol. The third-order valence-electron chi connectivity index (χ3n) is 8.57. The van der Waals surface area contributed by atoms with E-state index in [9.17, 15) is 9.90 Å². The van der Waals surface area contributed by atoms with Gasteiger partial charge in [-0.25, -0.2) is 4.39 Å². The van der Waals surface area contributed by atoms with E-state index in [0.717, 1.165) is 28.8 Å². The van der Waals surface area contributed by atoms with Gasteiger partial charge in [0.15, 0.2) is 0 Å². The van der Waals surface area contributed by atoms with Gasteiger partial charge in [0.2, 0.25) is 5.91 Å². The molecule has 4 aromatic rings. The first-order valence-electron chi connectivity index (χ1n) is 15.3. The smallest absolute Gasteiger partial charge is 0.228 e. The van der Waals surface area contributed by atoms with Crippen molar-refractivity contribution in [2.24, 2.45) is 5.41 Å². The second-order valence-corrected chi connectivity index (χ2v) is 12.3. The lowest BCUT2D eigenvalue weighted by atomic mass is 9.83. The largest absolute Gasteiger partial charge is 0.506 e. The summed E-state index contributed by atoms with van der Waals surface area (Å²) in [6.07, 6.45) is 2.34. The summed E-state index contributed by atoms with van der Waals surface area (Å²) in [7, 11) is 0. The van der Waals surface area contributed by atoms with Crippen LogP contribution in [0.25, 0.3) is 0 Å². The molecule has 1 unspecified atom stereocenters. The molecule has 1 aliphatic rings. The van der Waals surface area contributed by atoms with Gasteiger partial charge in [-0.15, -0.1) is 0 Å². The minimum atomic E-state index is -0.736. The summed E-state index contributed by atoms with van der Waals surface area (Å²) in [6.45, 7) is 8.78. The molecule has 5 nitrogen and oxygen atoms in total. The second-order valence-electron chi connectivity index (χ2n) is 12.3. The quantitative estimate of drug-likeness (QED) is 0.180. The van der Waals surface area contributed by atoms with Crippen LogP contribution in [0.3, 0.4) is 0 Å². The number of halogens is 1. The zero-order valence-corrected chi connectivity index (χ0v) is 25.9. The van der Waals surface area contributed by atoms with Crippen molar-refractivity contribution in [3.63, 3.8) is 0 Å². The number of hydrogen-bond acceptors (Lipinski definition) is 4. The number of rotatable bonds is 10. The molecule has 0 spiro atoms. The number of aromatic hydroxyl groups is 1. The lowest BCUT2D eigenvalue weighted by Crippen LogP contribution is -2.36. The van der Waals surface area contributed by atoms with Gasteiger partial charge < -0.3 is 15.2 Å². The van der Waals surface area contributed by atoms with E-state index < -0.39 is 11.9 Å². The average Bonchev–Trinajstić information content (AvgIpc) is 3.14. The van der Waals surface area contributed by atoms with Gasteiger partial charge in [0.05, 0.1) is 11.7 Å². The molecule has 5 rings (SSSR count). The fourth-order valence-electron chi connectivity index (χ4n) is 5.62. The maximum Gasteiger partial charge on any atom is 0.228 e. The van der Waals surface area contributed by atoms with Crippen molar-refractivity contribution in [2.45, 2.75) is 66.0 Å². The molecule has 4 aromatic carbocycles. The predicted molar refractivity (Wildman–Crippen MR) is 175 cm³/mol. The number of carbonyl (C=O) groups excluding carboxylic acids is 1. The number of allylic oxidation sites excluding steroid dienone is 1. The van der Waals surface area contributed by atoms with Crippen LogP contribution in [0.4, 0.5) is 15.8 Å². The van der Waals surface area contributed by atoms with Crippen LogP contribution in [0, 0.1) is 11.2 Å². The molecule has 0 aromatic heterocycles. The molecule has 0 fully saturated rings. The van der Waals surface area contributed by atoms with E-state index in [2.05, 4.69) is 26.1 Å². The van der Waals surface area contributed by atoms with E-state index in [1.54, 1.807) is 29.2 Å². The average molecular weight is 593 g/mol. The fourth-order valence-corrected chi connectivity index (χ4v) is 5.62. The lowest BCUT2D eigenvalue weighted by Gasteiger charge is -2.33. The number of phenols is 1. The first-order chi connectivity index (χ1) is 21.2. The summed E-state index contributed by atoms with van der Waals surface area (Å²) in [4.78, 5) is 15.9. The summed E-state index contributed by atoms with van der Waals surface area (Å²) < 4.78 is 22.2. The van der Waals surface area contributed by atoms with Crippen molar-refractivity contribution in [1.82, 2.24) is 0 Å². The number of carbonyl (C=O) groups is 1. The van der Waals surface area contributed by atoms with E-state index in [4.69, 9.17) is 4.74 Å². The Kier molecular flexibility index (Phi) is 9.38. The Bertz CT molecular complexity index is 1630. The molecule has 0 saturated carbocycles. The Morgan fingerprint density at radius 1 is 0.955 bits per heavy atom. The van der Waals surface area contributed by atoms with Crippen molar-refractivity contribution >= 4 is 17.3 Å². The summed E-state index contributed by atoms with van der Waals surface area (Å²) in [5, 5.41) is 14.5. The number of amides is 1. The van der Waals surface area contributed by atoms with Gasteiger partial charge in [-0.3, -0.25) is 9.69 Å².